The summed E-state index contributed by atoms with van der Waals surface area (Å²) in [6.45, 7) is 1.52. The lowest BCUT2D eigenvalue weighted by Crippen LogP contribution is -2.31. The molecule has 2 rings (SSSR count). The Morgan fingerprint density at radius 2 is 1.80 bits per heavy atom. The largest absolute Gasteiger partial charge is 0.271 e. The van der Waals surface area contributed by atoms with Gasteiger partial charge in [-0.3, -0.25) is 5.84 Å². The van der Waals surface area contributed by atoms with Crippen LogP contribution in [0.2, 0.25) is 0 Å². The van der Waals surface area contributed by atoms with E-state index < -0.39 is 23.5 Å². The van der Waals surface area contributed by atoms with E-state index in [0.29, 0.717) is 5.56 Å². The first-order chi connectivity index (χ1) is 9.47. The number of halogens is 4. The molecule has 0 aliphatic heterocycles. The minimum Gasteiger partial charge on any atom is -0.271 e. The summed E-state index contributed by atoms with van der Waals surface area (Å²) in [7, 11) is 0. The van der Waals surface area contributed by atoms with Crippen molar-refractivity contribution in [3.8, 4) is 0 Å². The molecule has 0 fully saturated rings. The molecular formula is C14H12BrF3N2. The Kier molecular flexibility index (Phi) is 4.47. The molecule has 0 radical (unpaired) electrons. The van der Waals surface area contributed by atoms with Crippen LogP contribution in [-0.4, -0.2) is 0 Å². The smallest absolute Gasteiger partial charge is 0.137 e. The number of hydrogen-bond donors (Lipinski definition) is 2. The highest BCUT2D eigenvalue weighted by Gasteiger charge is 2.24. The second-order valence-corrected chi connectivity index (χ2v) is 5.13. The van der Waals surface area contributed by atoms with E-state index in [-0.39, 0.29) is 15.6 Å². The molecule has 1 atom stereocenters. The van der Waals surface area contributed by atoms with Crippen molar-refractivity contribution in [2.75, 3.05) is 0 Å². The van der Waals surface area contributed by atoms with Gasteiger partial charge in [0.15, 0.2) is 0 Å². The van der Waals surface area contributed by atoms with Gasteiger partial charge >= 0.3 is 0 Å². The van der Waals surface area contributed by atoms with E-state index >= 15 is 0 Å². The molecular weight excluding hydrogens is 333 g/mol. The Labute approximate surface area is 122 Å². The van der Waals surface area contributed by atoms with Crippen LogP contribution in [0.5, 0.6) is 0 Å². The zero-order valence-electron chi connectivity index (χ0n) is 10.6. The van der Waals surface area contributed by atoms with Gasteiger partial charge in [0.2, 0.25) is 0 Å². The van der Waals surface area contributed by atoms with Crippen molar-refractivity contribution in [1.82, 2.24) is 5.43 Å². The molecule has 0 bridgehead atoms. The second-order valence-electron chi connectivity index (χ2n) is 4.33. The van der Waals surface area contributed by atoms with Crippen molar-refractivity contribution in [2.24, 2.45) is 5.84 Å². The van der Waals surface area contributed by atoms with Crippen LogP contribution < -0.4 is 11.3 Å². The van der Waals surface area contributed by atoms with Crippen molar-refractivity contribution < 1.29 is 13.2 Å². The fourth-order valence-electron chi connectivity index (χ4n) is 2.02. The lowest BCUT2D eigenvalue weighted by atomic mass is 9.96. The molecule has 106 valence electrons. The Hall–Kier alpha value is -1.37. The summed E-state index contributed by atoms with van der Waals surface area (Å²) in [5.41, 5.74) is 2.70. The van der Waals surface area contributed by atoms with Gasteiger partial charge in [-0.1, -0.05) is 18.2 Å². The average Bonchev–Trinajstić information content (AvgIpc) is 2.43. The number of rotatable bonds is 3. The molecule has 2 aromatic carbocycles. The van der Waals surface area contributed by atoms with E-state index in [1.807, 2.05) is 0 Å². The number of nitrogens with two attached hydrogens (primary N) is 1. The van der Waals surface area contributed by atoms with Gasteiger partial charge in [0, 0.05) is 5.56 Å². The quantitative estimate of drug-likeness (QED) is 0.657. The van der Waals surface area contributed by atoms with E-state index in [9.17, 15) is 13.2 Å². The average molecular weight is 345 g/mol. The van der Waals surface area contributed by atoms with E-state index in [0.717, 1.165) is 6.07 Å². The predicted octanol–water partition coefficient (Wildman–Crippen LogP) is 3.73. The Morgan fingerprint density at radius 1 is 1.10 bits per heavy atom. The fraction of sp³-hybridized carbons (Fsp3) is 0.143. The zero-order chi connectivity index (χ0) is 14.9. The molecule has 0 amide bonds. The first-order valence-electron chi connectivity index (χ1n) is 5.82. The van der Waals surface area contributed by atoms with Crippen LogP contribution >= 0.6 is 15.9 Å². The van der Waals surface area contributed by atoms with Gasteiger partial charge in [-0.05, 0) is 46.1 Å². The van der Waals surface area contributed by atoms with Gasteiger partial charge in [0.05, 0.1) is 10.5 Å². The lowest BCUT2D eigenvalue weighted by Gasteiger charge is -2.20. The maximum absolute atomic E-state index is 14.2. The molecule has 3 N–H and O–H groups in total. The lowest BCUT2D eigenvalue weighted by molar-refractivity contribution is 0.503. The summed E-state index contributed by atoms with van der Waals surface area (Å²) in [5.74, 6) is 3.44. The van der Waals surface area contributed by atoms with E-state index in [2.05, 4.69) is 21.4 Å². The highest BCUT2D eigenvalue weighted by molar-refractivity contribution is 9.10. The van der Waals surface area contributed by atoms with Gasteiger partial charge in [-0.15, -0.1) is 0 Å². The van der Waals surface area contributed by atoms with Crippen molar-refractivity contribution in [1.29, 1.82) is 0 Å². The summed E-state index contributed by atoms with van der Waals surface area (Å²) < 4.78 is 41.8. The molecule has 0 saturated carbocycles. The highest BCUT2D eigenvalue weighted by atomic mass is 79.9. The van der Waals surface area contributed by atoms with Crippen LogP contribution in [0, 0.1) is 24.4 Å². The van der Waals surface area contributed by atoms with Crippen LogP contribution in [0.15, 0.2) is 34.8 Å². The highest BCUT2D eigenvalue weighted by Crippen LogP contribution is 2.33. The third-order valence-electron chi connectivity index (χ3n) is 3.07. The molecule has 0 saturated heterocycles. The van der Waals surface area contributed by atoms with Gasteiger partial charge in [0.25, 0.3) is 0 Å². The van der Waals surface area contributed by atoms with Gasteiger partial charge < -0.3 is 0 Å². The molecule has 0 heterocycles. The molecule has 6 heteroatoms. The van der Waals surface area contributed by atoms with Crippen molar-refractivity contribution in [3.05, 3.63) is 68.9 Å². The zero-order valence-corrected chi connectivity index (χ0v) is 12.1. The maximum Gasteiger partial charge on any atom is 0.137 e. The topological polar surface area (TPSA) is 38.0 Å². The standard InChI is InChI=1S/C14H12BrF3N2/c1-7-5-6-9(16)11(13(7)18)14(20-19)8-3-2-4-10(17)12(8)15/h2-6,14,20H,19H2,1H3. The van der Waals surface area contributed by atoms with Crippen LogP contribution in [-0.2, 0) is 0 Å². The summed E-state index contributed by atoms with van der Waals surface area (Å²) in [6.07, 6.45) is 0. The molecule has 1 unspecified atom stereocenters. The Morgan fingerprint density at radius 3 is 2.45 bits per heavy atom. The maximum atomic E-state index is 14.2. The minimum absolute atomic E-state index is 0.114. The third kappa shape index (κ3) is 2.59. The molecule has 0 spiro atoms. The number of hydrazine groups is 1. The molecule has 20 heavy (non-hydrogen) atoms. The molecule has 0 aromatic heterocycles. The summed E-state index contributed by atoms with van der Waals surface area (Å²) in [5, 5.41) is 0. The predicted molar refractivity (Wildman–Crippen MR) is 74.4 cm³/mol. The van der Waals surface area contributed by atoms with Crippen LogP contribution in [0.4, 0.5) is 13.2 Å². The van der Waals surface area contributed by atoms with Crippen LogP contribution in [0.3, 0.4) is 0 Å². The number of hydrogen-bond acceptors (Lipinski definition) is 2. The van der Waals surface area contributed by atoms with E-state index in [1.54, 1.807) is 6.07 Å². The van der Waals surface area contributed by atoms with Crippen molar-refractivity contribution >= 4 is 15.9 Å². The van der Waals surface area contributed by atoms with E-state index in [4.69, 9.17) is 5.84 Å². The van der Waals surface area contributed by atoms with Gasteiger partial charge in [-0.25, -0.2) is 18.6 Å². The van der Waals surface area contributed by atoms with Gasteiger partial charge in [0.1, 0.15) is 17.5 Å². The summed E-state index contributed by atoms with van der Waals surface area (Å²) in [4.78, 5) is 0. The van der Waals surface area contributed by atoms with Crippen molar-refractivity contribution in [3.63, 3.8) is 0 Å². The first-order valence-corrected chi connectivity index (χ1v) is 6.61. The Bertz CT molecular complexity index is 647. The number of aryl methyl sites for hydroxylation is 1. The summed E-state index contributed by atoms with van der Waals surface area (Å²) in [6, 6.07) is 5.72. The van der Waals surface area contributed by atoms with Crippen molar-refractivity contribution in [2.45, 2.75) is 13.0 Å². The molecule has 2 nitrogen and oxygen atoms in total. The van der Waals surface area contributed by atoms with Gasteiger partial charge in [-0.2, -0.15) is 0 Å². The van der Waals surface area contributed by atoms with Crippen LogP contribution in [0.1, 0.15) is 22.7 Å². The number of benzene rings is 2. The monoisotopic (exact) mass is 344 g/mol. The second kappa shape index (κ2) is 5.95. The third-order valence-corrected chi connectivity index (χ3v) is 3.90. The molecule has 0 aliphatic rings. The number of nitrogens with one attached hydrogen (secondary N) is 1. The van der Waals surface area contributed by atoms with E-state index in [1.165, 1.54) is 25.1 Å². The minimum atomic E-state index is -1.00. The fourth-order valence-corrected chi connectivity index (χ4v) is 2.51. The normalized spacial score (nSPS) is 12.5. The van der Waals surface area contributed by atoms with Crippen LogP contribution in [0.25, 0.3) is 0 Å². The Balaban J connectivity index is 2.65. The first kappa shape index (κ1) is 15.0. The SMILES string of the molecule is Cc1ccc(F)c(C(NN)c2cccc(F)c2Br)c1F. The molecule has 0 aliphatic carbocycles. The molecule has 2 aromatic rings. The summed E-state index contributed by atoms with van der Waals surface area (Å²) >= 11 is 3.07.